The van der Waals surface area contributed by atoms with Crippen LogP contribution < -0.4 is 34.9 Å². The third kappa shape index (κ3) is 6.83. The monoisotopic (exact) mass is 538 g/mol. The molecule has 0 aromatic heterocycles. The molecular weight excluding hydrogens is 511 g/mol. The topological polar surface area (TPSA) is 139 Å². The molecule has 0 saturated carbocycles. The molecule has 0 amide bonds. The first-order chi connectivity index (χ1) is 16.4. The Bertz CT molecular complexity index is 1510. The molecule has 0 saturated heterocycles. The zero-order chi connectivity index (χ0) is 26.0. The van der Waals surface area contributed by atoms with Crippen LogP contribution in [-0.2, 0) is 20.2 Å². The minimum absolute atomic E-state index is 0. The maximum atomic E-state index is 12.2. The van der Waals surface area contributed by atoms with Gasteiger partial charge in [0.2, 0.25) is 0 Å². The van der Waals surface area contributed by atoms with Crippen molar-refractivity contribution >= 4 is 37.2 Å². The van der Waals surface area contributed by atoms with E-state index >= 15 is 0 Å². The van der Waals surface area contributed by atoms with Crippen molar-refractivity contribution < 1.29 is 56.9 Å². The fraction of sp³-hybridized carbons (Fsp3) is 0.240. The number of aliphatic imine (C=N–C) groups is 1. The molecule has 2 aromatic carbocycles. The number of aryl methyl sites for hydroxylation is 1. The molecule has 0 aliphatic heterocycles. The summed E-state index contributed by atoms with van der Waals surface area (Å²) >= 11 is 0. The van der Waals surface area contributed by atoms with Gasteiger partial charge in [-0.15, -0.1) is 0 Å². The van der Waals surface area contributed by atoms with Crippen LogP contribution in [0.4, 0.5) is 5.69 Å². The molecule has 0 radical (unpaired) electrons. The van der Waals surface area contributed by atoms with Crippen molar-refractivity contribution in [3.05, 3.63) is 82.5 Å². The van der Waals surface area contributed by atoms with E-state index in [2.05, 4.69) is 10.3 Å². The molecule has 8 nitrogen and oxygen atoms in total. The predicted molar refractivity (Wildman–Crippen MR) is 136 cm³/mol. The number of nitrogens with one attached hydrogen (secondary N) is 1. The number of anilines is 1. The summed E-state index contributed by atoms with van der Waals surface area (Å²) in [4.78, 5) is 2.86. The van der Waals surface area contributed by atoms with E-state index in [-0.39, 0.29) is 36.5 Å². The van der Waals surface area contributed by atoms with Gasteiger partial charge in [-0.1, -0.05) is 18.2 Å². The number of benzene rings is 2. The van der Waals surface area contributed by atoms with Gasteiger partial charge in [-0.25, -0.2) is 16.8 Å². The minimum Gasteiger partial charge on any atom is -0.744 e. The first-order valence-electron chi connectivity index (χ1n) is 10.9. The molecule has 0 spiro atoms. The molecule has 1 N–H and O–H groups in total. The summed E-state index contributed by atoms with van der Waals surface area (Å²) in [6, 6.07) is 8.33. The Kier molecular flexibility index (Phi) is 10.1. The average molecular weight is 539 g/mol. The van der Waals surface area contributed by atoms with Crippen molar-refractivity contribution in [1.82, 2.24) is 0 Å². The largest absolute Gasteiger partial charge is 1.00 e. The summed E-state index contributed by atoms with van der Waals surface area (Å²) in [5, 5.41) is 3.24. The van der Waals surface area contributed by atoms with Gasteiger partial charge in [0.05, 0.1) is 15.5 Å². The van der Waals surface area contributed by atoms with Gasteiger partial charge in [-0.05, 0) is 92.0 Å². The van der Waals surface area contributed by atoms with Gasteiger partial charge in [0, 0.05) is 24.3 Å². The average Bonchev–Trinajstić information content (AvgIpc) is 2.76. The maximum Gasteiger partial charge on any atom is 1.00 e. The second-order valence-electron chi connectivity index (χ2n) is 7.98. The van der Waals surface area contributed by atoms with Gasteiger partial charge < -0.3 is 14.4 Å². The van der Waals surface area contributed by atoms with E-state index in [0.29, 0.717) is 35.9 Å². The van der Waals surface area contributed by atoms with Crippen LogP contribution in [0.1, 0.15) is 38.9 Å². The Morgan fingerprint density at radius 1 is 0.972 bits per heavy atom. The fourth-order valence-electron chi connectivity index (χ4n) is 3.92. The van der Waals surface area contributed by atoms with E-state index < -0.39 is 30.0 Å². The Morgan fingerprint density at radius 3 is 2.19 bits per heavy atom. The summed E-state index contributed by atoms with van der Waals surface area (Å²) in [5.41, 5.74) is 5.04. The van der Waals surface area contributed by atoms with Crippen molar-refractivity contribution in [1.29, 1.82) is 0 Å². The van der Waals surface area contributed by atoms with Crippen LogP contribution in [0.2, 0.25) is 0 Å². The summed E-state index contributed by atoms with van der Waals surface area (Å²) in [6.07, 6.45) is 5.40. The van der Waals surface area contributed by atoms with Crippen molar-refractivity contribution in [2.45, 2.75) is 37.5 Å². The summed E-state index contributed by atoms with van der Waals surface area (Å²) in [5.74, 6) is 0. The molecule has 186 valence electrons. The van der Waals surface area contributed by atoms with Gasteiger partial charge in [0.15, 0.2) is 0 Å². The smallest absolute Gasteiger partial charge is 0.744 e. The number of rotatable bonds is 7. The standard InChI is InChI=1S/C25H28N2O6S2.Na/c1-5-26-22-11-7-18(13-16(22)3)25(19-8-12-23(27-6-2)17(4)14-19)21-10-9-20(34(28,29)30)15-24(21)35(31,32)33;/h7-15,26H,5-6H2,1-4H3,(H,28,29,30)(H,31,32,33);/q;+1/p-1. The normalized spacial score (nSPS) is 16.4. The first kappa shape index (κ1) is 30.2. The molecule has 11 heteroatoms. The van der Waals surface area contributed by atoms with E-state index in [4.69, 9.17) is 0 Å². The molecule has 0 unspecified atom stereocenters. The van der Waals surface area contributed by atoms with E-state index in [9.17, 15) is 25.9 Å². The number of hydrogen-bond acceptors (Lipinski definition) is 8. The van der Waals surface area contributed by atoms with Crippen molar-refractivity contribution in [2.24, 2.45) is 4.99 Å². The maximum absolute atomic E-state index is 12.2. The van der Waals surface area contributed by atoms with Gasteiger partial charge in [-0.3, -0.25) is 4.99 Å². The van der Waals surface area contributed by atoms with Crippen LogP contribution in [0, 0.1) is 6.92 Å². The minimum atomic E-state index is -5.14. The van der Waals surface area contributed by atoms with E-state index in [1.165, 1.54) is 6.07 Å². The van der Waals surface area contributed by atoms with Crippen LogP contribution in [0.3, 0.4) is 0 Å². The molecule has 0 atom stereocenters. The molecule has 0 fully saturated rings. The SMILES string of the molecule is CCN=C1C=CC(=C(c2ccc(NCC)c(C)c2)c2ccc(S(=O)(=O)[O-])cc2S(=O)(=O)[O-])C=C1C.[H+].[Na+]. The molecule has 36 heavy (non-hydrogen) atoms. The Hall–Kier alpha value is -2.05. The van der Waals surface area contributed by atoms with Crippen LogP contribution in [-0.4, -0.2) is 44.7 Å². The second kappa shape index (κ2) is 12.0. The molecule has 0 heterocycles. The van der Waals surface area contributed by atoms with E-state index in [1.807, 2.05) is 45.9 Å². The van der Waals surface area contributed by atoms with Crippen LogP contribution in [0.25, 0.3) is 5.57 Å². The van der Waals surface area contributed by atoms with Gasteiger partial charge in [0.25, 0.3) is 0 Å². The third-order valence-electron chi connectivity index (χ3n) is 5.48. The number of allylic oxidation sites excluding steroid dienone is 5. The summed E-state index contributed by atoms with van der Waals surface area (Å²) < 4.78 is 71.3. The Balaban J connectivity index is 0.00000342. The van der Waals surface area contributed by atoms with Crippen LogP contribution in [0.5, 0.6) is 0 Å². The van der Waals surface area contributed by atoms with Gasteiger partial charge >= 0.3 is 31.0 Å². The van der Waals surface area contributed by atoms with Crippen molar-refractivity contribution in [2.75, 3.05) is 18.4 Å². The third-order valence-corrected chi connectivity index (χ3v) is 7.18. The van der Waals surface area contributed by atoms with E-state index in [0.717, 1.165) is 28.6 Å². The van der Waals surface area contributed by atoms with Crippen LogP contribution in [0.15, 0.2) is 80.6 Å². The Labute approximate surface area is 236 Å². The molecule has 1 aliphatic rings. The Morgan fingerprint density at radius 2 is 1.67 bits per heavy atom. The second-order valence-corrected chi connectivity index (χ2v) is 10.7. The van der Waals surface area contributed by atoms with Gasteiger partial charge in [-0.2, -0.15) is 0 Å². The molecule has 1 aliphatic carbocycles. The molecule has 3 rings (SSSR count). The summed E-state index contributed by atoms with van der Waals surface area (Å²) in [7, 11) is -10.1. The predicted octanol–water partition coefficient (Wildman–Crippen LogP) is 1.13. The zero-order valence-electron chi connectivity index (χ0n) is 21.8. The van der Waals surface area contributed by atoms with Crippen molar-refractivity contribution in [3.63, 3.8) is 0 Å². The molecule has 2 aromatic rings. The van der Waals surface area contributed by atoms with Gasteiger partial charge in [0.1, 0.15) is 20.2 Å². The van der Waals surface area contributed by atoms with Crippen LogP contribution >= 0.6 is 0 Å². The molecule has 0 bridgehead atoms. The molecular formula is C25H27N2NaO6S2. The summed E-state index contributed by atoms with van der Waals surface area (Å²) in [6.45, 7) is 8.94. The number of hydrogen-bond donors (Lipinski definition) is 1. The fourth-order valence-corrected chi connectivity index (χ4v) is 5.20. The van der Waals surface area contributed by atoms with E-state index in [1.54, 1.807) is 18.2 Å². The zero-order valence-corrected chi connectivity index (χ0v) is 24.5. The number of nitrogens with zero attached hydrogens (tertiary/aromatic N) is 1. The van der Waals surface area contributed by atoms with Crippen molar-refractivity contribution in [3.8, 4) is 0 Å². The first-order valence-corrected chi connectivity index (χ1v) is 13.7. The quantitative estimate of drug-likeness (QED) is 0.412.